The quantitative estimate of drug-likeness (QED) is 0.445. The maximum absolute atomic E-state index is 12.6. The Morgan fingerprint density at radius 1 is 0.933 bits per heavy atom. The third-order valence-corrected chi connectivity index (χ3v) is 5.98. The Balaban J connectivity index is 1.44. The highest BCUT2D eigenvalue weighted by atomic mass is 32.1. The van der Waals surface area contributed by atoms with Crippen LogP contribution in [0.1, 0.15) is 16.1 Å². The van der Waals surface area contributed by atoms with E-state index < -0.39 is 0 Å². The molecule has 1 aromatic heterocycles. The number of amides is 1. The summed E-state index contributed by atoms with van der Waals surface area (Å²) in [5, 5.41) is 3.15. The first-order valence-electron chi connectivity index (χ1n) is 9.86. The van der Waals surface area contributed by atoms with Gasteiger partial charge in [-0.3, -0.25) is 4.79 Å². The minimum absolute atomic E-state index is 0.0356. The second-order valence-corrected chi connectivity index (χ2v) is 8.17. The second kappa shape index (κ2) is 8.13. The van der Waals surface area contributed by atoms with Crippen LogP contribution in [0.3, 0.4) is 0 Å². The standard InChI is InChI=1S/C25H20N2O2S/c28-25-16-29-23-12-11-20(14-22(23)27(25)15-19-9-5-2-6-10-19)21-17-30-24(26-21)13-18-7-3-1-4-8-18/h1-12,14,17H,13,15-16H2. The van der Waals surface area contributed by atoms with Gasteiger partial charge in [0.15, 0.2) is 6.61 Å². The van der Waals surface area contributed by atoms with Crippen molar-refractivity contribution in [3.8, 4) is 17.0 Å². The maximum atomic E-state index is 12.6. The molecule has 4 aromatic rings. The van der Waals surface area contributed by atoms with E-state index in [1.165, 1.54) is 5.56 Å². The fourth-order valence-electron chi connectivity index (χ4n) is 3.60. The van der Waals surface area contributed by atoms with Gasteiger partial charge in [-0.2, -0.15) is 0 Å². The molecular formula is C25H20N2O2S. The predicted molar refractivity (Wildman–Crippen MR) is 120 cm³/mol. The molecule has 0 unspecified atom stereocenters. The molecule has 0 radical (unpaired) electrons. The Labute approximate surface area is 179 Å². The van der Waals surface area contributed by atoms with E-state index in [2.05, 4.69) is 17.5 Å². The summed E-state index contributed by atoms with van der Waals surface area (Å²) in [5.74, 6) is 0.695. The van der Waals surface area contributed by atoms with Crippen molar-refractivity contribution in [3.63, 3.8) is 0 Å². The normalized spacial score (nSPS) is 13.1. The first-order chi connectivity index (χ1) is 14.8. The van der Waals surface area contributed by atoms with Crippen molar-refractivity contribution in [2.45, 2.75) is 13.0 Å². The lowest BCUT2D eigenvalue weighted by atomic mass is 10.1. The van der Waals surface area contributed by atoms with E-state index in [4.69, 9.17) is 9.72 Å². The number of ether oxygens (including phenoxy) is 1. The van der Waals surface area contributed by atoms with Crippen LogP contribution >= 0.6 is 11.3 Å². The molecule has 148 valence electrons. The van der Waals surface area contributed by atoms with Crippen LogP contribution in [-0.4, -0.2) is 17.5 Å². The van der Waals surface area contributed by atoms with Gasteiger partial charge in [0, 0.05) is 17.4 Å². The zero-order valence-electron chi connectivity index (χ0n) is 16.3. The number of hydrogen-bond acceptors (Lipinski definition) is 4. The van der Waals surface area contributed by atoms with Gasteiger partial charge in [-0.25, -0.2) is 4.98 Å². The lowest BCUT2D eigenvalue weighted by Gasteiger charge is -2.29. The van der Waals surface area contributed by atoms with Crippen molar-refractivity contribution < 1.29 is 9.53 Å². The zero-order valence-corrected chi connectivity index (χ0v) is 17.1. The van der Waals surface area contributed by atoms with E-state index >= 15 is 0 Å². The average molecular weight is 413 g/mol. The van der Waals surface area contributed by atoms with Gasteiger partial charge in [0.05, 0.1) is 22.9 Å². The Bertz CT molecular complexity index is 1170. The number of thiazole rings is 1. The fourth-order valence-corrected chi connectivity index (χ4v) is 4.43. The third kappa shape index (κ3) is 3.84. The van der Waals surface area contributed by atoms with E-state index in [0.717, 1.165) is 39.7 Å². The van der Waals surface area contributed by atoms with Gasteiger partial charge in [-0.1, -0.05) is 60.7 Å². The summed E-state index contributed by atoms with van der Waals surface area (Å²) in [5.41, 5.74) is 5.04. The highest BCUT2D eigenvalue weighted by Gasteiger charge is 2.26. The van der Waals surface area contributed by atoms with Crippen LogP contribution in [0.5, 0.6) is 5.75 Å². The summed E-state index contributed by atoms with van der Waals surface area (Å²) < 4.78 is 5.67. The molecule has 4 nitrogen and oxygen atoms in total. The molecule has 0 saturated heterocycles. The van der Waals surface area contributed by atoms with Crippen LogP contribution in [0.15, 0.2) is 84.2 Å². The number of aromatic nitrogens is 1. The van der Waals surface area contributed by atoms with Gasteiger partial charge in [0.2, 0.25) is 0 Å². The summed E-state index contributed by atoms with van der Waals surface area (Å²) >= 11 is 1.66. The average Bonchev–Trinajstić information content (AvgIpc) is 3.25. The van der Waals surface area contributed by atoms with Crippen molar-refractivity contribution in [3.05, 3.63) is 100 Å². The molecule has 2 heterocycles. The van der Waals surface area contributed by atoms with Crippen molar-refractivity contribution in [2.75, 3.05) is 11.5 Å². The molecule has 0 bridgehead atoms. The molecule has 1 amide bonds. The van der Waals surface area contributed by atoms with Crippen molar-refractivity contribution in [2.24, 2.45) is 0 Å². The molecule has 0 spiro atoms. The summed E-state index contributed by atoms with van der Waals surface area (Å²) in [6.45, 7) is 0.590. The number of hydrogen-bond donors (Lipinski definition) is 0. The Hall–Kier alpha value is -3.44. The van der Waals surface area contributed by atoms with Crippen molar-refractivity contribution >= 4 is 22.9 Å². The first kappa shape index (κ1) is 18.6. The number of rotatable bonds is 5. The molecule has 5 heteroatoms. The first-order valence-corrected chi connectivity index (χ1v) is 10.7. The van der Waals surface area contributed by atoms with E-state index in [1.54, 1.807) is 16.2 Å². The zero-order chi connectivity index (χ0) is 20.3. The molecular weight excluding hydrogens is 392 g/mol. The summed E-state index contributed by atoms with van der Waals surface area (Å²) in [4.78, 5) is 19.2. The number of nitrogens with zero attached hydrogens (tertiary/aromatic N) is 2. The van der Waals surface area contributed by atoms with E-state index in [0.29, 0.717) is 6.54 Å². The second-order valence-electron chi connectivity index (χ2n) is 7.23. The SMILES string of the molecule is O=C1COc2ccc(-c3csc(Cc4ccccc4)n3)cc2N1Cc1ccccc1. The number of fused-ring (bicyclic) bond motifs is 1. The molecule has 1 aliphatic rings. The number of carbonyl (C=O) groups is 1. The van der Waals surface area contributed by atoms with E-state index in [1.807, 2.05) is 66.7 Å². The van der Waals surface area contributed by atoms with Crippen LogP contribution in [0.25, 0.3) is 11.3 Å². The van der Waals surface area contributed by atoms with Crippen LogP contribution in [0, 0.1) is 0 Å². The summed E-state index contributed by atoms with van der Waals surface area (Å²) in [6, 6.07) is 26.3. The van der Waals surface area contributed by atoms with Gasteiger partial charge >= 0.3 is 0 Å². The van der Waals surface area contributed by atoms with Crippen molar-refractivity contribution in [1.29, 1.82) is 0 Å². The fraction of sp³-hybridized carbons (Fsp3) is 0.120. The van der Waals surface area contributed by atoms with Crippen LogP contribution in [0.2, 0.25) is 0 Å². The lowest BCUT2D eigenvalue weighted by Crippen LogP contribution is -2.38. The summed E-state index contributed by atoms with van der Waals surface area (Å²) in [7, 11) is 0. The molecule has 30 heavy (non-hydrogen) atoms. The van der Waals surface area contributed by atoms with Gasteiger partial charge in [-0.05, 0) is 29.3 Å². The lowest BCUT2D eigenvalue weighted by molar-refractivity contribution is -0.121. The molecule has 1 aliphatic heterocycles. The largest absolute Gasteiger partial charge is 0.482 e. The Kier molecular flexibility index (Phi) is 5.03. The van der Waals surface area contributed by atoms with Gasteiger partial charge < -0.3 is 9.64 Å². The Morgan fingerprint density at radius 2 is 1.67 bits per heavy atom. The van der Waals surface area contributed by atoms with Crippen LogP contribution < -0.4 is 9.64 Å². The number of anilines is 1. The Morgan fingerprint density at radius 3 is 2.43 bits per heavy atom. The smallest absolute Gasteiger partial charge is 0.265 e. The minimum atomic E-state index is -0.0356. The molecule has 5 rings (SSSR count). The van der Waals surface area contributed by atoms with Gasteiger partial charge in [-0.15, -0.1) is 11.3 Å². The molecule has 3 aromatic carbocycles. The third-order valence-electron chi connectivity index (χ3n) is 5.13. The summed E-state index contributed by atoms with van der Waals surface area (Å²) in [6.07, 6.45) is 0.818. The highest BCUT2D eigenvalue weighted by molar-refractivity contribution is 7.10. The van der Waals surface area contributed by atoms with Crippen LogP contribution in [-0.2, 0) is 17.8 Å². The topological polar surface area (TPSA) is 42.4 Å². The van der Waals surface area contributed by atoms with Crippen molar-refractivity contribution in [1.82, 2.24) is 4.98 Å². The number of benzene rings is 3. The van der Waals surface area contributed by atoms with Gasteiger partial charge in [0.1, 0.15) is 5.75 Å². The highest BCUT2D eigenvalue weighted by Crippen LogP contribution is 2.37. The van der Waals surface area contributed by atoms with E-state index in [9.17, 15) is 4.79 Å². The maximum Gasteiger partial charge on any atom is 0.265 e. The molecule has 0 fully saturated rings. The minimum Gasteiger partial charge on any atom is -0.482 e. The molecule has 0 saturated carbocycles. The molecule has 0 atom stereocenters. The predicted octanol–water partition coefficient (Wildman–Crippen LogP) is 5.33. The molecule has 0 N–H and O–H groups in total. The monoisotopic (exact) mass is 412 g/mol. The molecule has 0 aliphatic carbocycles. The van der Waals surface area contributed by atoms with Crippen LogP contribution in [0.4, 0.5) is 5.69 Å². The van der Waals surface area contributed by atoms with E-state index in [-0.39, 0.29) is 12.5 Å². The van der Waals surface area contributed by atoms with Gasteiger partial charge in [0.25, 0.3) is 5.91 Å². The number of carbonyl (C=O) groups excluding carboxylic acids is 1.